The summed E-state index contributed by atoms with van der Waals surface area (Å²) in [4.78, 5) is 14.1. The van der Waals surface area contributed by atoms with Crippen LogP contribution in [0.15, 0.2) is 0 Å². The van der Waals surface area contributed by atoms with E-state index in [0.717, 1.165) is 57.8 Å². The molecule has 1 atom stereocenters. The smallest absolute Gasteiger partial charge is 0.251 e. The van der Waals surface area contributed by atoms with Gasteiger partial charge in [-0.15, -0.1) is 0 Å². The monoisotopic (exact) mass is 240 g/mol. The second kappa shape index (κ2) is 6.36. The first-order valence-corrected chi connectivity index (χ1v) is 6.86. The van der Waals surface area contributed by atoms with E-state index in [1.165, 1.54) is 6.42 Å². The predicted molar refractivity (Wildman–Crippen MR) is 66.8 cm³/mol. The van der Waals surface area contributed by atoms with E-state index >= 15 is 0 Å². The third-order valence-corrected chi connectivity index (χ3v) is 3.93. The maximum atomic E-state index is 12.1. The average molecular weight is 240 g/mol. The highest BCUT2D eigenvalue weighted by Gasteiger charge is 2.30. The zero-order valence-corrected chi connectivity index (χ0v) is 10.8. The molecule has 2 aliphatic heterocycles. The summed E-state index contributed by atoms with van der Waals surface area (Å²) in [5, 5.41) is 3.19. The molecule has 0 bridgehead atoms. The molecular weight excluding hydrogens is 216 g/mol. The van der Waals surface area contributed by atoms with E-state index in [9.17, 15) is 4.79 Å². The third-order valence-electron chi connectivity index (χ3n) is 3.93. The van der Waals surface area contributed by atoms with Gasteiger partial charge in [-0.1, -0.05) is 0 Å². The van der Waals surface area contributed by atoms with Gasteiger partial charge in [0.15, 0.2) is 0 Å². The summed E-state index contributed by atoms with van der Waals surface area (Å²) < 4.78 is 5.46. The van der Waals surface area contributed by atoms with Crippen molar-refractivity contribution in [1.29, 1.82) is 0 Å². The summed E-state index contributed by atoms with van der Waals surface area (Å²) in [5.41, 5.74) is 0. The molecule has 2 heterocycles. The summed E-state index contributed by atoms with van der Waals surface area (Å²) in [5.74, 6) is 1.02. The highest BCUT2D eigenvalue weighted by Crippen LogP contribution is 2.22. The molecule has 0 aromatic heterocycles. The summed E-state index contributed by atoms with van der Waals surface area (Å²) >= 11 is 0. The Morgan fingerprint density at radius 1 is 1.35 bits per heavy atom. The van der Waals surface area contributed by atoms with E-state index in [1.54, 1.807) is 0 Å². The molecule has 0 aromatic carbocycles. The number of hydrogen-bond donors (Lipinski definition) is 1. The highest BCUT2D eigenvalue weighted by molar-refractivity contribution is 5.81. The minimum Gasteiger partial charge on any atom is -0.368 e. The molecule has 0 unspecified atom stereocenters. The van der Waals surface area contributed by atoms with Crippen LogP contribution in [0.1, 0.15) is 32.1 Å². The number of ether oxygens (including phenoxy) is 1. The van der Waals surface area contributed by atoms with Crippen LogP contribution in [0.25, 0.3) is 0 Å². The van der Waals surface area contributed by atoms with Gasteiger partial charge in [-0.2, -0.15) is 0 Å². The van der Waals surface area contributed by atoms with Crippen molar-refractivity contribution in [3.63, 3.8) is 0 Å². The van der Waals surface area contributed by atoms with Gasteiger partial charge < -0.3 is 15.0 Å². The Bertz CT molecular complexity index is 244. The van der Waals surface area contributed by atoms with E-state index in [0.29, 0.717) is 0 Å². The van der Waals surface area contributed by atoms with Crippen molar-refractivity contribution in [2.24, 2.45) is 5.92 Å². The number of hydrogen-bond acceptors (Lipinski definition) is 3. The number of nitrogens with zero attached hydrogens (tertiary/aromatic N) is 1. The van der Waals surface area contributed by atoms with Crippen LogP contribution in [0.3, 0.4) is 0 Å². The summed E-state index contributed by atoms with van der Waals surface area (Å²) in [7, 11) is 2.00. The van der Waals surface area contributed by atoms with Gasteiger partial charge in [-0.05, 0) is 51.6 Å². The Labute approximate surface area is 104 Å². The molecule has 0 aliphatic carbocycles. The zero-order chi connectivity index (χ0) is 12.1. The van der Waals surface area contributed by atoms with E-state index < -0.39 is 0 Å². The molecule has 17 heavy (non-hydrogen) atoms. The topological polar surface area (TPSA) is 41.6 Å². The van der Waals surface area contributed by atoms with Crippen LogP contribution in [0.5, 0.6) is 0 Å². The van der Waals surface area contributed by atoms with Gasteiger partial charge in [-0.25, -0.2) is 0 Å². The number of nitrogens with one attached hydrogen (secondary N) is 1. The normalized spacial score (nSPS) is 26.4. The first-order valence-electron chi connectivity index (χ1n) is 6.86. The highest BCUT2D eigenvalue weighted by atomic mass is 16.5. The molecule has 4 nitrogen and oxygen atoms in total. The molecule has 1 N–H and O–H groups in total. The summed E-state index contributed by atoms with van der Waals surface area (Å²) in [6.45, 7) is 3.69. The van der Waals surface area contributed by atoms with Crippen LogP contribution in [0, 0.1) is 5.92 Å². The van der Waals surface area contributed by atoms with Gasteiger partial charge in [0.1, 0.15) is 6.10 Å². The maximum absolute atomic E-state index is 12.1. The van der Waals surface area contributed by atoms with Crippen molar-refractivity contribution in [3.05, 3.63) is 0 Å². The number of piperidine rings is 1. The molecule has 0 radical (unpaired) electrons. The van der Waals surface area contributed by atoms with Crippen LogP contribution < -0.4 is 5.32 Å². The fourth-order valence-electron chi connectivity index (χ4n) is 2.77. The third kappa shape index (κ3) is 3.42. The van der Waals surface area contributed by atoms with Gasteiger partial charge in [0.2, 0.25) is 0 Å². The van der Waals surface area contributed by atoms with Crippen molar-refractivity contribution in [1.82, 2.24) is 10.2 Å². The van der Waals surface area contributed by atoms with Gasteiger partial charge in [0.05, 0.1) is 0 Å². The molecule has 0 saturated carbocycles. The van der Waals surface area contributed by atoms with Gasteiger partial charge in [-0.3, -0.25) is 4.79 Å². The molecular formula is C13H24N2O2. The lowest BCUT2D eigenvalue weighted by Crippen LogP contribution is -2.43. The molecule has 0 spiro atoms. The SMILES string of the molecule is CNCCC1CCN(C(=O)[C@H]2CCCO2)CC1. The molecule has 2 aliphatic rings. The number of likely N-dealkylation sites (tertiary alicyclic amines) is 1. The van der Waals surface area contributed by atoms with Crippen molar-refractivity contribution >= 4 is 5.91 Å². The summed E-state index contributed by atoms with van der Waals surface area (Å²) in [6.07, 6.45) is 5.36. The zero-order valence-electron chi connectivity index (χ0n) is 10.8. The van der Waals surface area contributed by atoms with E-state index in [1.807, 2.05) is 11.9 Å². The van der Waals surface area contributed by atoms with Crippen LogP contribution in [-0.2, 0) is 9.53 Å². The summed E-state index contributed by atoms with van der Waals surface area (Å²) in [6, 6.07) is 0. The van der Waals surface area contributed by atoms with Crippen LogP contribution in [-0.4, -0.2) is 50.2 Å². The number of carbonyl (C=O) groups excluding carboxylic acids is 1. The first-order chi connectivity index (χ1) is 8.31. The van der Waals surface area contributed by atoms with Crippen LogP contribution >= 0.6 is 0 Å². The molecule has 2 fully saturated rings. The minimum atomic E-state index is -0.135. The van der Waals surface area contributed by atoms with Gasteiger partial charge in [0.25, 0.3) is 5.91 Å². The average Bonchev–Trinajstić information content (AvgIpc) is 2.90. The van der Waals surface area contributed by atoms with Crippen molar-refractivity contribution < 1.29 is 9.53 Å². The van der Waals surface area contributed by atoms with E-state index in [2.05, 4.69) is 5.32 Å². The van der Waals surface area contributed by atoms with Crippen LogP contribution in [0.4, 0.5) is 0 Å². The largest absolute Gasteiger partial charge is 0.368 e. The lowest BCUT2D eigenvalue weighted by molar-refractivity contribution is -0.142. The lowest BCUT2D eigenvalue weighted by Gasteiger charge is -2.33. The Hall–Kier alpha value is -0.610. The Kier molecular flexibility index (Phi) is 4.80. The fraction of sp³-hybridized carbons (Fsp3) is 0.923. The molecule has 98 valence electrons. The van der Waals surface area contributed by atoms with E-state index in [4.69, 9.17) is 4.74 Å². The lowest BCUT2D eigenvalue weighted by atomic mass is 9.93. The number of amides is 1. The molecule has 2 rings (SSSR count). The second-order valence-corrected chi connectivity index (χ2v) is 5.16. The van der Waals surface area contributed by atoms with Crippen molar-refractivity contribution in [3.8, 4) is 0 Å². The Morgan fingerprint density at radius 2 is 2.12 bits per heavy atom. The molecule has 1 amide bonds. The first kappa shape index (κ1) is 12.8. The van der Waals surface area contributed by atoms with Gasteiger partial charge >= 0.3 is 0 Å². The molecule has 2 saturated heterocycles. The fourth-order valence-corrected chi connectivity index (χ4v) is 2.77. The van der Waals surface area contributed by atoms with E-state index in [-0.39, 0.29) is 12.0 Å². The Balaban J connectivity index is 1.72. The molecule has 4 heteroatoms. The maximum Gasteiger partial charge on any atom is 0.251 e. The van der Waals surface area contributed by atoms with Crippen molar-refractivity contribution in [2.75, 3.05) is 33.3 Å². The predicted octanol–water partition coefficient (Wildman–Crippen LogP) is 1.01. The second-order valence-electron chi connectivity index (χ2n) is 5.16. The minimum absolute atomic E-state index is 0.135. The molecule has 0 aromatic rings. The number of carbonyl (C=O) groups is 1. The van der Waals surface area contributed by atoms with Crippen molar-refractivity contribution in [2.45, 2.75) is 38.2 Å². The quantitative estimate of drug-likeness (QED) is 0.797. The van der Waals surface area contributed by atoms with Gasteiger partial charge in [0, 0.05) is 19.7 Å². The Morgan fingerprint density at radius 3 is 2.71 bits per heavy atom. The van der Waals surface area contributed by atoms with Crippen LogP contribution in [0.2, 0.25) is 0 Å². The number of rotatable bonds is 4. The standard InChI is InChI=1S/C13H24N2O2/c1-14-7-4-11-5-8-15(9-6-11)13(16)12-3-2-10-17-12/h11-12,14H,2-10H2,1H3/t12-/m1/s1.